The molecule has 0 bridgehead atoms. The average molecular weight is 438 g/mol. The molecule has 0 saturated carbocycles. The number of aromatic nitrogens is 4. The zero-order chi connectivity index (χ0) is 23.0. The summed E-state index contributed by atoms with van der Waals surface area (Å²) in [6.45, 7) is 6.50. The molecule has 0 aliphatic carbocycles. The van der Waals surface area contributed by atoms with E-state index >= 15 is 0 Å². The normalized spacial score (nSPS) is 11.6. The van der Waals surface area contributed by atoms with Crippen molar-refractivity contribution in [3.05, 3.63) is 92.4 Å². The summed E-state index contributed by atoms with van der Waals surface area (Å²) in [4.78, 5) is 31.0. The van der Waals surface area contributed by atoms with E-state index < -0.39 is 22.9 Å². The highest BCUT2D eigenvalue weighted by molar-refractivity contribution is 5.72. The quantitative estimate of drug-likeness (QED) is 0.457. The van der Waals surface area contributed by atoms with Gasteiger partial charge < -0.3 is 4.57 Å². The second kappa shape index (κ2) is 8.53. The molecule has 0 unspecified atom stereocenters. The number of fused-ring (bicyclic) bond motifs is 1. The van der Waals surface area contributed by atoms with Crippen molar-refractivity contribution in [1.29, 1.82) is 0 Å². The highest BCUT2D eigenvalue weighted by atomic mass is 19.1. The van der Waals surface area contributed by atoms with Gasteiger partial charge in [-0.1, -0.05) is 38.1 Å². The second-order valence-electron chi connectivity index (χ2n) is 8.32. The predicted octanol–water partition coefficient (Wildman–Crippen LogP) is 4.03. The minimum absolute atomic E-state index is 0.0416. The Morgan fingerprint density at radius 3 is 2.50 bits per heavy atom. The minimum Gasteiger partial charge on any atom is -0.320 e. The van der Waals surface area contributed by atoms with Crippen molar-refractivity contribution in [2.24, 2.45) is 5.92 Å². The van der Waals surface area contributed by atoms with Crippen LogP contribution in [0.2, 0.25) is 0 Å². The van der Waals surface area contributed by atoms with Crippen LogP contribution in [0.4, 0.5) is 8.78 Å². The third kappa shape index (κ3) is 3.88. The summed E-state index contributed by atoms with van der Waals surface area (Å²) in [7, 11) is 0. The summed E-state index contributed by atoms with van der Waals surface area (Å²) in [6.07, 6.45) is 2.07. The maximum absolute atomic E-state index is 14.7. The lowest BCUT2D eigenvalue weighted by molar-refractivity contribution is 0.490. The number of imidazole rings is 1. The summed E-state index contributed by atoms with van der Waals surface area (Å²) in [6, 6.07) is 10.7. The Kier molecular flexibility index (Phi) is 5.78. The van der Waals surface area contributed by atoms with Crippen molar-refractivity contribution in [3.8, 4) is 5.69 Å². The fraction of sp³-hybridized carbons (Fsp3) is 0.292. The largest absolute Gasteiger partial charge is 0.337 e. The van der Waals surface area contributed by atoms with Crippen LogP contribution >= 0.6 is 0 Å². The molecule has 2 aromatic carbocycles. The SMILES string of the molecule is Cc1ccccc1Cn1cnc2c1c(=O)n(CCC(C)C)c(=O)n2-c1ccc(F)cc1F. The molecular weight excluding hydrogens is 414 g/mol. The van der Waals surface area contributed by atoms with Crippen molar-refractivity contribution in [2.75, 3.05) is 0 Å². The summed E-state index contributed by atoms with van der Waals surface area (Å²) in [5.41, 5.74) is 0.949. The third-order valence-electron chi connectivity index (χ3n) is 5.58. The van der Waals surface area contributed by atoms with Gasteiger partial charge in [-0.05, 0) is 42.5 Å². The van der Waals surface area contributed by atoms with Crippen LogP contribution in [0.25, 0.3) is 16.9 Å². The van der Waals surface area contributed by atoms with Crippen LogP contribution in [0.15, 0.2) is 58.4 Å². The Bertz CT molecular complexity index is 1420. The van der Waals surface area contributed by atoms with Gasteiger partial charge in [0.2, 0.25) is 0 Å². The molecule has 4 rings (SSSR count). The van der Waals surface area contributed by atoms with E-state index in [1.165, 1.54) is 12.4 Å². The van der Waals surface area contributed by atoms with Crippen molar-refractivity contribution in [3.63, 3.8) is 0 Å². The molecule has 166 valence electrons. The topological polar surface area (TPSA) is 61.8 Å². The molecule has 0 aliphatic heterocycles. The lowest BCUT2D eigenvalue weighted by Gasteiger charge is -2.14. The molecule has 2 heterocycles. The van der Waals surface area contributed by atoms with Gasteiger partial charge in [-0.15, -0.1) is 0 Å². The monoisotopic (exact) mass is 438 g/mol. The maximum atomic E-state index is 14.7. The average Bonchev–Trinajstić information content (AvgIpc) is 3.14. The molecule has 0 spiro atoms. The van der Waals surface area contributed by atoms with E-state index in [0.29, 0.717) is 19.0 Å². The van der Waals surface area contributed by atoms with Gasteiger partial charge in [-0.2, -0.15) is 0 Å². The Morgan fingerprint density at radius 2 is 1.81 bits per heavy atom. The molecule has 0 aliphatic rings. The fourth-order valence-electron chi connectivity index (χ4n) is 3.73. The van der Waals surface area contributed by atoms with E-state index in [-0.39, 0.29) is 29.3 Å². The first kappa shape index (κ1) is 21.7. The first-order chi connectivity index (χ1) is 15.3. The van der Waals surface area contributed by atoms with Gasteiger partial charge in [-0.3, -0.25) is 9.36 Å². The van der Waals surface area contributed by atoms with E-state index in [2.05, 4.69) is 4.98 Å². The van der Waals surface area contributed by atoms with Crippen LogP contribution in [0, 0.1) is 24.5 Å². The van der Waals surface area contributed by atoms with E-state index in [4.69, 9.17) is 0 Å². The smallest absolute Gasteiger partial charge is 0.320 e. The number of rotatable bonds is 6. The zero-order valence-corrected chi connectivity index (χ0v) is 18.2. The molecule has 0 N–H and O–H groups in total. The number of hydrogen-bond donors (Lipinski definition) is 0. The number of halogens is 2. The molecule has 32 heavy (non-hydrogen) atoms. The van der Waals surface area contributed by atoms with E-state index in [0.717, 1.165) is 26.3 Å². The first-order valence-electron chi connectivity index (χ1n) is 10.5. The minimum atomic E-state index is -0.907. The Balaban J connectivity index is 2.00. The zero-order valence-electron chi connectivity index (χ0n) is 18.2. The van der Waals surface area contributed by atoms with Crippen molar-refractivity contribution < 1.29 is 8.78 Å². The second-order valence-corrected chi connectivity index (χ2v) is 8.32. The van der Waals surface area contributed by atoms with Crippen LogP contribution in [0.1, 0.15) is 31.4 Å². The highest BCUT2D eigenvalue weighted by Crippen LogP contribution is 2.19. The molecule has 0 radical (unpaired) electrons. The molecule has 4 aromatic rings. The van der Waals surface area contributed by atoms with Crippen LogP contribution in [-0.2, 0) is 13.1 Å². The molecule has 6 nitrogen and oxygen atoms in total. The molecule has 8 heteroatoms. The Morgan fingerprint density at radius 1 is 1.06 bits per heavy atom. The van der Waals surface area contributed by atoms with Gasteiger partial charge in [0.25, 0.3) is 5.56 Å². The molecule has 0 amide bonds. The molecule has 2 aromatic heterocycles. The van der Waals surface area contributed by atoms with Crippen LogP contribution in [0.3, 0.4) is 0 Å². The predicted molar refractivity (Wildman–Crippen MR) is 119 cm³/mol. The molecule has 0 fully saturated rings. The fourth-order valence-corrected chi connectivity index (χ4v) is 3.73. The molecular formula is C24H24F2N4O2. The van der Waals surface area contributed by atoms with Gasteiger partial charge in [-0.25, -0.2) is 23.1 Å². The lowest BCUT2D eigenvalue weighted by atomic mass is 10.1. The number of nitrogens with zero attached hydrogens (tertiary/aromatic N) is 4. The standard InChI is InChI=1S/C24H24F2N4O2/c1-15(2)10-11-29-23(31)21-22(27-14-28(21)13-17-7-5-4-6-16(17)3)30(24(29)32)20-9-8-18(25)12-19(20)26/h4-9,12,14-15H,10-11,13H2,1-3H3. The Labute approximate surface area is 183 Å². The summed E-state index contributed by atoms with van der Waals surface area (Å²) in [5.74, 6) is -1.41. The van der Waals surface area contributed by atoms with Crippen molar-refractivity contribution in [1.82, 2.24) is 18.7 Å². The highest BCUT2D eigenvalue weighted by Gasteiger charge is 2.21. The van der Waals surface area contributed by atoms with Gasteiger partial charge >= 0.3 is 5.69 Å². The maximum Gasteiger partial charge on any atom is 0.337 e. The number of benzene rings is 2. The summed E-state index contributed by atoms with van der Waals surface area (Å²) >= 11 is 0. The van der Waals surface area contributed by atoms with Crippen LogP contribution < -0.4 is 11.2 Å². The van der Waals surface area contributed by atoms with E-state index in [9.17, 15) is 18.4 Å². The van der Waals surface area contributed by atoms with Crippen molar-refractivity contribution >= 4 is 11.2 Å². The van der Waals surface area contributed by atoms with Gasteiger partial charge in [0.15, 0.2) is 11.2 Å². The van der Waals surface area contributed by atoms with Gasteiger partial charge in [0.05, 0.1) is 12.0 Å². The van der Waals surface area contributed by atoms with Crippen molar-refractivity contribution in [2.45, 2.75) is 40.3 Å². The van der Waals surface area contributed by atoms with E-state index in [1.54, 1.807) is 4.57 Å². The number of hydrogen-bond acceptors (Lipinski definition) is 3. The van der Waals surface area contributed by atoms with E-state index in [1.807, 2.05) is 45.0 Å². The van der Waals surface area contributed by atoms with Gasteiger partial charge in [0, 0.05) is 19.2 Å². The van der Waals surface area contributed by atoms with Crippen LogP contribution in [0.5, 0.6) is 0 Å². The summed E-state index contributed by atoms with van der Waals surface area (Å²) < 4.78 is 32.0. The third-order valence-corrected chi connectivity index (χ3v) is 5.58. The molecule has 0 saturated heterocycles. The number of aryl methyl sites for hydroxylation is 1. The molecule has 0 atom stereocenters. The van der Waals surface area contributed by atoms with Crippen LogP contribution in [-0.4, -0.2) is 18.7 Å². The Hall–Kier alpha value is -3.55. The lowest BCUT2D eigenvalue weighted by Crippen LogP contribution is -2.40. The van der Waals surface area contributed by atoms with Gasteiger partial charge in [0.1, 0.15) is 11.6 Å². The first-order valence-corrected chi connectivity index (χ1v) is 10.5. The summed E-state index contributed by atoms with van der Waals surface area (Å²) in [5, 5.41) is 0.